The third kappa shape index (κ3) is 2.07. The van der Waals surface area contributed by atoms with E-state index in [0.29, 0.717) is 11.3 Å². The van der Waals surface area contributed by atoms with Crippen LogP contribution in [0.15, 0.2) is 36.4 Å². The van der Waals surface area contributed by atoms with E-state index < -0.39 is 0 Å². The SMILES string of the molecule is NOc1ccc(C2=CCCC=C2)c(F)c1. The van der Waals surface area contributed by atoms with Gasteiger partial charge in [-0.15, -0.1) is 0 Å². The van der Waals surface area contributed by atoms with Gasteiger partial charge in [0.2, 0.25) is 0 Å². The topological polar surface area (TPSA) is 35.2 Å². The molecule has 0 aliphatic heterocycles. The van der Waals surface area contributed by atoms with Crippen molar-refractivity contribution in [1.29, 1.82) is 0 Å². The number of hydrogen-bond donors (Lipinski definition) is 1. The smallest absolute Gasteiger partial charge is 0.149 e. The van der Waals surface area contributed by atoms with E-state index >= 15 is 0 Å². The molecule has 1 aromatic carbocycles. The maximum absolute atomic E-state index is 13.6. The van der Waals surface area contributed by atoms with Gasteiger partial charge in [-0.2, -0.15) is 5.90 Å². The summed E-state index contributed by atoms with van der Waals surface area (Å²) in [6.07, 6.45) is 7.99. The van der Waals surface area contributed by atoms with Crippen LogP contribution < -0.4 is 10.7 Å². The molecule has 0 unspecified atom stereocenters. The van der Waals surface area contributed by atoms with E-state index in [0.717, 1.165) is 18.4 Å². The Kier molecular flexibility index (Phi) is 2.83. The molecule has 3 heteroatoms. The number of benzene rings is 1. The fourth-order valence-electron chi connectivity index (χ4n) is 1.62. The normalized spacial score (nSPS) is 14.9. The molecule has 78 valence electrons. The van der Waals surface area contributed by atoms with Crippen LogP contribution in [0, 0.1) is 5.82 Å². The molecule has 1 aliphatic rings. The first kappa shape index (κ1) is 9.93. The first-order chi connectivity index (χ1) is 7.31. The van der Waals surface area contributed by atoms with E-state index in [2.05, 4.69) is 4.84 Å². The number of hydrogen-bond acceptors (Lipinski definition) is 2. The molecule has 1 aromatic rings. The molecule has 0 saturated carbocycles. The molecule has 0 fully saturated rings. The third-order valence-corrected chi connectivity index (χ3v) is 2.38. The lowest BCUT2D eigenvalue weighted by atomic mass is 9.99. The highest BCUT2D eigenvalue weighted by atomic mass is 19.1. The summed E-state index contributed by atoms with van der Waals surface area (Å²) in [6.45, 7) is 0. The third-order valence-electron chi connectivity index (χ3n) is 2.38. The molecular formula is C12H12FNO. The van der Waals surface area contributed by atoms with Gasteiger partial charge in [-0.1, -0.05) is 18.2 Å². The van der Waals surface area contributed by atoms with Crippen LogP contribution in [-0.4, -0.2) is 0 Å². The lowest BCUT2D eigenvalue weighted by Crippen LogP contribution is -2.02. The molecule has 2 N–H and O–H groups in total. The van der Waals surface area contributed by atoms with E-state index in [4.69, 9.17) is 5.90 Å². The zero-order chi connectivity index (χ0) is 10.7. The van der Waals surface area contributed by atoms with Crippen LogP contribution in [-0.2, 0) is 0 Å². The molecule has 0 amide bonds. The second-order valence-corrected chi connectivity index (χ2v) is 3.40. The van der Waals surface area contributed by atoms with Crippen LogP contribution in [0.4, 0.5) is 4.39 Å². The fraction of sp³-hybridized carbons (Fsp3) is 0.167. The van der Waals surface area contributed by atoms with Gasteiger partial charge in [-0.05, 0) is 30.5 Å². The van der Waals surface area contributed by atoms with Crippen molar-refractivity contribution in [1.82, 2.24) is 0 Å². The van der Waals surface area contributed by atoms with Crippen LogP contribution in [0.5, 0.6) is 5.75 Å². The quantitative estimate of drug-likeness (QED) is 0.753. The van der Waals surface area contributed by atoms with Crippen molar-refractivity contribution in [2.24, 2.45) is 5.90 Å². The highest BCUT2D eigenvalue weighted by Gasteiger charge is 2.08. The molecular weight excluding hydrogens is 193 g/mol. The van der Waals surface area contributed by atoms with Crippen LogP contribution in [0.3, 0.4) is 0 Å². The fourth-order valence-corrected chi connectivity index (χ4v) is 1.62. The van der Waals surface area contributed by atoms with Gasteiger partial charge < -0.3 is 4.84 Å². The molecule has 0 heterocycles. The van der Waals surface area contributed by atoms with E-state index in [-0.39, 0.29) is 5.82 Å². The lowest BCUT2D eigenvalue weighted by molar-refractivity contribution is 0.332. The maximum Gasteiger partial charge on any atom is 0.149 e. The first-order valence-electron chi connectivity index (χ1n) is 4.84. The highest BCUT2D eigenvalue weighted by molar-refractivity contribution is 5.75. The lowest BCUT2D eigenvalue weighted by Gasteiger charge is -2.09. The summed E-state index contributed by atoms with van der Waals surface area (Å²) in [5.74, 6) is 4.97. The summed E-state index contributed by atoms with van der Waals surface area (Å²) >= 11 is 0. The molecule has 2 nitrogen and oxygen atoms in total. The standard InChI is InChI=1S/C12H12FNO/c13-12-8-10(15-14)6-7-11(12)9-4-2-1-3-5-9/h2,4-8H,1,3,14H2. The average molecular weight is 205 g/mol. The Morgan fingerprint density at radius 2 is 2.13 bits per heavy atom. The Labute approximate surface area is 87.8 Å². The minimum atomic E-state index is -0.309. The van der Waals surface area contributed by atoms with Gasteiger partial charge in [0, 0.05) is 11.6 Å². The maximum atomic E-state index is 13.6. The van der Waals surface area contributed by atoms with Gasteiger partial charge in [0.1, 0.15) is 11.6 Å². The van der Waals surface area contributed by atoms with E-state index in [1.807, 2.05) is 18.2 Å². The summed E-state index contributed by atoms with van der Waals surface area (Å²) in [6, 6.07) is 4.62. The second-order valence-electron chi connectivity index (χ2n) is 3.40. The number of rotatable bonds is 2. The van der Waals surface area contributed by atoms with Crippen LogP contribution in [0.1, 0.15) is 18.4 Å². The summed E-state index contributed by atoms with van der Waals surface area (Å²) in [5.41, 5.74) is 1.51. The predicted molar refractivity (Wildman–Crippen MR) is 57.6 cm³/mol. The van der Waals surface area contributed by atoms with Crippen LogP contribution in [0.2, 0.25) is 0 Å². The Balaban J connectivity index is 2.36. The van der Waals surface area contributed by atoms with Gasteiger partial charge in [0.15, 0.2) is 0 Å². The van der Waals surface area contributed by atoms with Gasteiger partial charge in [-0.3, -0.25) is 0 Å². The van der Waals surface area contributed by atoms with E-state index in [1.54, 1.807) is 12.1 Å². The van der Waals surface area contributed by atoms with Crippen molar-refractivity contribution in [3.05, 3.63) is 47.8 Å². The van der Waals surface area contributed by atoms with Crippen molar-refractivity contribution in [2.45, 2.75) is 12.8 Å². The van der Waals surface area contributed by atoms with Crippen LogP contribution in [0.25, 0.3) is 5.57 Å². The van der Waals surface area contributed by atoms with Gasteiger partial charge in [0.25, 0.3) is 0 Å². The monoisotopic (exact) mass is 205 g/mol. The van der Waals surface area contributed by atoms with Gasteiger partial charge in [-0.25, -0.2) is 4.39 Å². The highest BCUT2D eigenvalue weighted by Crippen LogP contribution is 2.26. The minimum absolute atomic E-state index is 0.309. The molecule has 0 spiro atoms. The van der Waals surface area contributed by atoms with Crippen molar-refractivity contribution >= 4 is 5.57 Å². The number of allylic oxidation sites excluding steroid dienone is 4. The molecule has 0 bridgehead atoms. The van der Waals surface area contributed by atoms with E-state index in [1.165, 1.54) is 6.07 Å². The molecule has 0 atom stereocenters. The van der Waals surface area contributed by atoms with Gasteiger partial charge in [0.05, 0.1) is 0 Å². The Morgan fingerprint density at radius 3 is 2.73 bits per heavy atom. The summed E-state index contributed by atoms with van der Waals surface area (Å²) in [4.78, 5) is 4.46. The zero-order valence-electron chi connectivity index (χ0n) is 8.24. The van der Waals surface area contributed by atoms with Crippen molar-refractivity contribution in [3.8, 4) is 5.75 Å². The molecule has 1 aliphatic carbocycles. The largest absolute Gasteiger partial charge is 0.411 e. The van der Waals surface area contributed by atoms with Crippen molar-refractivity contribution in [2.75, 3.05) is 0 Å². The Morgan fingerprint density at radius 1 is 1.27 bits per heavy atom. The molecule has 0 saturated heterocycles. The molecule has 0 aromatic heterocycles. The van der Waals surface area contributed by atoms with Crippen molar-refractivity contribution < 1.29 is 9.23 Å². The zero-order valence-corrected chi connectivity index (χ0v) is 8.24. The molecule has 15 heavy (non-hydrogen) atoms. The Hall–Kier alpha value is -1.61. The molecule has 0 radical (unpaired) electrons. The summed E-state index contributed by atoms with van der Waals surface area (Å²) in [5, 5.41) is 0. The van der Waals surface area contributed by atoms with Crippen LogP contribution >= 0.6 is 0 Å². The summed E-state index contributed by atoms with van der Waals surface area (Å²) in [7, 11) is 0. The predicted octanol–water partition coefficient (Wildman–Crippen LogP) is 2.81. The average Bonchev–Trinajstić information content (AvgIpc) is 2.30. The Bertz CT molecular complexity index is 424. The number of nitrogens with two attached hydrogens (primary N) is 1. The van der Waals surface area contributed by atoms with E-state index in [9.17, 15) is 4.39 Å². The molecule has 2 rings (SSSR count). The number of halogens is 1. The van der Waals surface area contributed by atoms with Crippen molar-refractivity contribution in [3.63, 3.8) is 0 Å². The van der Waals surface area contributed by atoms with Gasteiger partial charge >= 0.3 is 0 Å². The minimum Gasteiger partial charge on any atom is -0.411 e. The summed E-state index contributed by atoms with van der Waals surface area (Å²) < 4.78 is 13.6. The first-order valence-corrected chi connectivity index (χ1v) is 4.84. The second kappa shape index (κ2) is 4.28.